The Bertz CT molecular complexity index is 564. The van der Waals surface area contributed by atoms with E-state index in [9.17, 15) is 8.42 Å². The van der Waals surface area contributed by atoms with Gasteiger partial charge in [0.15, 0.2) is 0 Å². The number of benzene rings is 1. The number of hydrogen-bond acceptors (Lipinski definition) is 2. The largest absolute Gasteiger partial charge is 0.294 e. The van der Waals surface area contributed by atoms with Crippen molar-refractivity contribution in [1.29, 1.82) is 0 Å². The van der Waals surface area contributed by atoms with Crippen molar-refractivity contribution in [3.8, 4) is 0 Å². The predicted molar refractivity (Wildman–Crippen MR) is 115 cm³/mol. The molecule has 0 radical (unpaired) electrons. The summed E-state index contributed by atoms with van der Waals surface area (Å²) in [6, 6.07) is 6.56. The van der Waals surface area contributed by atoms with Crippen LogP contribution in [0.1, 0.15) is 109 Å². The third-order valence-corrected chi connectivity index (χ3v) is 6.16. The summed E-state index contributed by atoms with van der Waals surface area (Å²) in [7, 11) is -4.07. The third-order valence-electron chi connectivity index (χ3n) is 5.29. The molecule has 0 bridgehead atoms. The molecule has 27 heavy (non-hydrogen) atoms. The van der Waals surface area contributed by atoms with Crippen molar-refractivity contribution in [2.24, 2.45) is 0 Å². The minimum atomic E-state index is -4.07. The molecule has 1 rings (SSSR count). The van der Waals surface area contributed by atoms with E-state index in [1.807, 2.05) is 0 Å². The first-order valence-corrected chi connectivity index (χ1v) is 12.5. The summed E-state index contributed by atoms with van der Waals surface area (Å²) in [5.74, 6) is 0. The molecule has 0 fully saturated rings. The Morgan fingerprint density at radius 2 is 1.00 bits per heavy atom. The van der Waals surface area contributed by atoms with Gasteiger partial charge in [0.1, 0.15) is 0 Å². The highest BCUT2D eigenvalue weighted by Gasteiger charge is 2.08. The van der Waals surface area contributed by atoms with Gasteiger partial charge in [-0.3, -0.25) is 4.55 Å². The normalized spacial score (nSPS) is 11.8. The zero-order valence-electron chi connectivity index (χ0n) is 17.3. The average Bonchev–Trinajstić information content (AvgIpc) is 2.64. The van der Waals surface area contributed by atoms with E-state index in [1.165, 1.54) is 102 Å². The summed E-state index contributed by atoms with van der Waals surface area (Å²) in [5, 5.41) is 0. The lowest BCUT2D eigenvalue weighted by atomic mass is 10.0. The molecule has 0 aliphatic heterocycles. The predicted octanol–water partition coefficient (Wildman–Crippen LogP) is 7.35. The van der Waals surface area contributed by atoms with E-state index in [1.54, 1.807) is 12.1 Å². The van der Waals surface area contributed by atoms with Gasteiger partial charge in [0.25, 0.3) is 10.1 Å². The van der Waals surface area contributed by atoms with Gasteiger partial charge in [-0.15, -0.1) is 0 Å². The minimum Gasteiger partial charge on any atom is -0.282 e. The topological polar surface area (TPSA) is 54.4 Å². The van der Waals surface area contributed by atoms with E-state index in [0.717, 1.165) is 18.4 Å². The van der Waals surface area contributed by atoms with Gasteiger partial charge in [-0.1, -0.05) is 109 Å². The molecule has 1 aromatic rings. The fraction of sp³-hybridized carbons (Fsp3) is 0.739. The van der Waals surface area contributed by atoms with Crippen molar-refractivity contribution >= 4 is 10.1 Å². The van der Waals surface area contributed by atoms with Crippen LogP contribution in [-0.2, 0) is 16.5 Å². The SMILES string of the molecule is CCCCCCCCCCCCCCCCCc1ccc(S(=O)(=O)O)cc1. The number of rotatable bonds is 17. The molecule has 0 aliphatic carbocycles. The van der Waals surface area contributed by atoms with Crippen molar-refractivity contribution in [2.45, 2.75) is 115 Å². The molecule has 0 unspecified atom stereocenters. The Balaban J connectivity index is 1.88. The summed E-state index contributed by atoms with van der Waals surface area (Å²) < 4.78 is 31.0. The first-order chi connectivity index (χ1) is 13.0. The van der Waals surface area contributed by atoms with Gasteiger partial charge < -0.3 is 0 Å². The first-order valence-electron chi connectivity index (χ1n) is 11.1. The smallest absolute Gasteiger partial charge is 0.282 e. The maximum absolute atomic E-state index is 11.0. The van der Waals surface area contributed by atoms with Crippen LogP contribution in [-0.4, -0.2) is 13.0 Å². The molecule has 1 N–H and O–H groups in total. The van der Waals surface area contributed by atoms with E-state index < -0.39 is 10.1 Å². The lowest BCUT2D eigenvalue weighted by Gasteiger charge is -2.04. The highest BCUT2D eigenvalue weighted by Crippen LogP contribution is 2.15. The highest BCUT2D eigenvalue weighted by atomic mass is 32.2. The summed E-state index contributed by atoms with van der Waals surface area (Å²) in [5.41, 5.74) is 1.14. The third kappa shape index (κ3) is 13.0. The van der Waals surface area contributed by atoms with Crippen molar-refractivity contribution in [2.75, 3.05) is 0 Å². The van der Waals surface area contributed by atoms with Crippen LogP contribution in [0, 0.1) is 0 Å². The zero-order valence-corrected chi connectivity index (χ0v) is 18.1. The molecular formula is C23H40O3S. The van der Waals surface area contributed by atoms with Crippen LogP contribution in [0.3, 0.4) is 0 Å². The molecule has 0 heterocycles. The first kappa shape index (κ1) is 24.2. The lowest BCUT2D eigenvalue weighted by molar-refractivity contribution is 0.483. The molecule has 156 valence electrons. The molecule has 0 spiro atoms. The summed E-state index contributed by atoms with van der Waals surface area (Å²) >= 11 is 0. The van der Waals surface area contributed by atoms with Gasteiger partial charge >= 0.3 is 0 Å². The molecule has 0 aromatic heterocycles. The fourth-order valence-corrected chi connectivity index (χ4v) is 4.01. The second-order valence-electron chi connectivity index (χ2n) is 7.82. The zero-order chi connectivity index (χ0) is 19.8. The fourth-order valence-electron chi connectivity index (χ4n) is 3.53. The maximum atomic E-state index is 11.0. The number of hydrogen-bond donors (Lipinski definition) is 1. The van der Waals surface area contributed by atoms with Crippen molar-refractivity contribution in [1.82, 2.24) is 0 Å². The summed E-state index contributed by atoms with van der Waals surface area (Å²) in [6.45, 7) is 2.27. The Kier molecular flexibility index (Phi) is 13.5. The van der Waals surface area contributed by atoms with Crippen molar-refractivity contribution in [3.63, 3.8) is 0 Å². The van der Waals surface area contributed by atoms with Gasteiger partial charge in [-0.2, -0.15) is 8.42 Å². The van der Waals surface area contributed by atoms with Gasteiger partial charge in [-0.05, 0) is 30.5 Å². The molecule has 0 saturated heterocycles. The van der Waals surface area contributed by atoms with E-state index in [2.05, 4.69) is 6.92 Å². The molecule has 0 saturated carbocycles. The van der Waals surface area contributed by atoms with Gasteiger partial charge in [0.05, 0.1) is 4.90 Å². The second kappa shape index (κ2) is 15.1. The van der Waals surface area contributed by atoms with Gasteiger partial charge in [0.2, 0.25) is 0 Å². The lowest BCUT2D eigenvalue weighted by Crippen LogP contribution is -1.98. The van der Waals surface area contributed by atoms with E-state index in [0.29, 0.717) is 0 Å². The Labute approximate surface area is 167 Å². The van der Waals surface area contributed by atoms with Crippen molar-refractivity contribution in [3.05, 3.63) is 29.8 Å². The maximum Gasteiger partial charge on any atom is 0.294 e. The standard InChI is InChI=1S/C23H40O3S/c1-2-3-4-5-6-7-8-9-10-11-12-13-14-15-16-17-22-18-20-23(21-19-22)27(24,25)26/h18-21H,2-17H2,1H3,(H,24,25,26). The average molecular weight is 397 g/mol. The second-order valence-corrected chi connectivity index (χ2v) is 9.24. The van der Waals surface area contributed by atoms with Crippen LogP contribution < -0.4 is 0 Å². The summed E-state index contributed by atoms with van der Waals surface area (Å²) in [6.07, 6.45) is 21.4. The molecule has 3 nitrogen and oxygen atoms in total. The van der Waals surface area contributed by atoms with Crippen LogP contribution in [0.5, 0.6) is 0 Å². The number of unbranched alkanes of at least 4 members (excludes halogenated alkanes) is 14. The minimum absolute atomic E-state index is 0.0252. The van der Waals surface area contributed by atoms with Crippen LogP contribution in [0.15, 0.2) is 29.2 Å². The summed E-state index contributed by atoms with van der Waals surface area (Å²) in [4.78, 5) is -0.0252. The van der Waals surface area contributed by atoms with Gasteiger partial charge in [-0.25, -0.2) is 0 Å². The monoisotopic (exact) mass is 396 g/mol. The van der Waals surface area contributed by atoms with Crippen LogP contribution in [0.25, 0.3) is 0 Å². The van der Waals surface area contributed by atoms with Crippen molar-refractivity contribution < 1.29 is 13.0 Å². The Morgan fingerprint density at radius 3 is 1.37 bits per heavy atom. The molecule has 4 heteroatoms. The molecule has 1 aromatic carbocycles. The van der Waals surface area contributed by atoms with Crippen LogP contribution >= 0.6 is 0 Å². The molecular weight excluding hydrogens is 356 g/mol. The van der Waals surface area contributed by atoms with E-state index in [-0.39, 0.29) is 4.90 Å². The molecule has 0 atom stereocenters. The molecule has 0 amide bonds. The highest BCUT2D eigenvalue weighted by molar-refractivity contribution is 7.85. The van der Waals surface area contributed by atoms with Gasteiger partial charge in [0, 0.05) is 0 Å². The van der Waals surface area contributed by atoms with Crippen LogP contribution in [0.4, 0.5) is 0 Å². The molecule has 0 aliphatic rings. The van der Waals surface area contributed by atoms with Crippen LogP contribution in [0.2, 0.25) is 0 Å². The van der Waals surface area contributed by atoms with E-state index in [4.69, 9.17) is 4.55 Å². The Hall–Kier alpha value is -0.870. The quantitative estimate of drug-likeness (QED) is 0.221. The van der Waals surface area contributed by atoms with E-state index >= 15 is 0 Å². The Morgan fingerprint density at radius 1 is 0.630 bits per heavy atom. The number of aryl methyl sites for hydroxylation is 1.